The molecule has 86 valence electrons. The Labute approximate surface area is 95.7 Å². The number of carbonyl (C=O) groups is 1. The smallest absolute Gasteiger partial charge is 0.320 e. The van der Waals surface area contributed by atoms with E-state index in [2.05, 4.69) is 17.0 Å². The number of benzene rings is 1. The van der Waals surface area contributed by atoms with Gasteiger partial charge in [0.1, 0.15) is 6.04 Å². The van der Waals surface area contributed by atoms with Crippen LogP contribution in [0.15, 0.2) is 30.3 Å². The van der Waals surface area contributed by atoms with Gasteiger partial charge in [-0.15, -0.1) is 0 Å². The molecule has 2 rings (SSSR count). The molecule has 1 saturated heterocycles. The van der Waals surface area contributed by atoms with E-state index in [1.165, 1.54) is 5.56 Å². The number of likely N-dealkylation sites (tertiary alicyclic amines) is 1. The average Bonchev–Trinajstić information content (AvgIpc) is 2.73. The number of carboxylic acids is 1. The summed E-state index contributed by atoms with van der Waals surface area (Å²) in [6.07, 6.45) is 1.69. The maximum absolute atomic E-state index is 11.1. The van der Waals surface area contributed by atoms with Crippen molar-refractivity contribution in [1.82, 2.24) is 4.90 Å². The molecule has 0 unspecified atom stereocenters. The van der Waals surface area contributed by atoms with Crippen LogP contribution in [0.3, 0.4) is 0 Å². The van der Waals surface area contributed by atoms with Crippen LogP contribution in [0.2, 0.25) is 0 Å². The van der Waals surface area contributed by atoms with Gasteiger partial charge in [-0.25, -0.2) is 0 Å². The fourth-order valence-electron chi connectivity index (χ4n) is 2.60. The molecule has 1 aromatic rings. The van der Waals surface area contributed by atoms with Gasteiger partial charge in [0, 0.05) is 6.04 Å². The highest BCUT2D eigenvalue weighted by Gasteiger charge is 2.37. The SMILES string of the molecule is CCN1[C@@H](c2ccccc2)CC[C@H]1C(=O)O. The van der Waals surface area contributed by atoms with Crippen molar-refractivity contribution in [2.24, 2.45) is 0 Å². The number of likely N-dealkylation sites (N-methyl/N-ethyl adjacent to an activating group) is 1. The summed E-state index contributed by atoms with van der Waals surface area (Å²) in [4.78, 5) is 13.2. The second-order valence-electron chi connectivity index (χ2n) is 4.19. The summed E-state index contributed by atoms with van der Waals surface area (Å²) in [5.41, 5.74) is 1.23. The van der Waals surface area contributed by atoms with Gasteiger partial charge in [-0.05, 0) is 24.9 Å². The van der Waals surface area contributed by atoms with Crippen molar-refractivity contribution in [2.45, 2.75) is 31.8 Å². The van der Waals surface area contributed by atoms with Crippen LogP contribution in [-0.4, -0.2) is 28.6 Å². The minimum absolute atomic E-state index is 0.271. The molecule has 1 aliphatic rings. The Kier molecular flexibility index (Phi) is 3.25. The van der Waals surface area contributed by atoms with Crippen molar-refractivity contribution in [3.63, 3.8) is 0 Å². The molecule has 2 atom stereocenters. The van der Waals surface area contributed by atoms with Crippen LogP contribution < -0.4 is 0 Å². The first-order valence-corrected chi connectivity index (χ1v) is 5.77. The Hall–Kier alpha value is -1.35. The van der Waals surface area contributed by atoms with Gasteiger partial charge in [-0.3, -0.25) is 9.69 Å². The molecule has 0 amide bonds. The number of aliphatic carboxylic acids is 1. The molecule has 3 heteroatoms. The zero-order chi connectivity index (χ0) is 11.5. The van der Waals surface area contributed by atoms with E-state index < -0.39 is 5.97 Å². The molecule has 1 aromatic carbocycles. The van der Waals surface area contributed by atoms with Crippen molar-refractivity contribution in [3.05, 3.63) is 35.9 Å². The van der Waals surface area contributed by atoms with Crippen LogP contribution in [0.1, 0.15) is 31.4 Å². The molecule has 1 aliphatic heterocycles. The molecule has 0 radical (unpaired) electrons. The van der Waals surface area contributed by atoms with Gasteiger partial charge in [0.25, 0.3) is 0 Å². The van der Waals surface area contributed by atoms with Gasteiger partial charge < -0.3 is 5.11 Å². The van der Waals surface area contributed by atoms with Gasteiger partial charge in [-0.2, -0.15) is 0 Å². The van der Waals surface area contributed by atoms with Crippen LogP contribution in [-0.2, 0) is 4.79 Å². The number of rotatable bonds is 3. The molecule has 1 heterocycles. The minimum atomic E-state index is -0.694. The second-order valence-corrected chi connectivity index (χ2v) is 4.19. The predicted octanol–water partition coefficient (Wildman–Crippen LogP) is 2.30. The third-order valence-corrected chi connectivity index (χ3v) is 3.35. The number of hydrogen-bond acceptors (Lipinski definition) is 2. The highest BCUT2D eigenvalue weighted by atomic mass is 16.4. The number of carboxylic acid groups (broad SMARTS) is 1. The third-order valence-electron chi connectivity index (χ3n) is 3.35. The van der Waals surface area contributed by atoms with Crippen molar-refractivity contribution in [1.29, 1.82) is 0 Å². The Morgan fingerprint density at radius 3 is 2.62 bits per heavy atom. The van der Waals surface area contributed by atoms with Crippen molar-refractivity contribution in [3.8, 4) is 0 Å². The van der Waals surface area contributed by atoms with Crippen molar-refractivity contribution < 1.29 is 9.90 Å². The molecule has 0 spiro atoms. The second kappa shape index (κ2) is 4.66. The largest absolute Gasteiger partial charge is 0.480 e. The van der Waals surface area contributed by atoms with E-state index in [1.807, 2.05) is 25.1 Å². The van der Waals surface area contributed by atoms with Crippen molar-refractivity contribution in [2.75, 3.05) is 6.54 Å². The molecule has 16 heavy (non-hydrogen) atoms. The third kappa shape index (κ3) is 1.95. The Balaban J connectivity index is 2.21. The Bertz CT molecular complexity index is 363. The maximum atomic E-state index is 11.1. The zero-order valence-corrected chi connectivity index (χ0v) is 9.47. The highest BCUT2D eigenvalue weighted by molar-refractivity contribution is 5.74. The summed E-state index contributed by atoms with van der Waals surface area (Å²) in [6, 6.07) is 10.1. The Morgan fingerprint density at radius 1 is 1.38 bits per heavy atom. The summed E-state index contributed by atoms with van der Waals surface area (Å²) in [6.45, 7) is 2.81. The van der Waals surface area contributed by atoms with E-state index in [-0.39, 0.29) is 12.1 Å². The van der Waals surface area contributed by atoms with Crippen LogP contribution in [0.25, 0.3) is 0 Å². The van der Waals surface area contributed by atoms with Crippen LogP contribution in [0.4, 0.5) is 0 Å². The topological polar surface area (TPSA) is 40.5 Å². The minimum Gasteiger partial charge on any atom is -0.480 e. The number of nitrogens with zero attached hydrogens (tertiary/aromatic N) is 1. The predicted molar refractivity (Wildman–Crippen MR) is 62.2 cm³/mol. The van der Waals surface area contributed by atoms with Gasteiger partial charge in [0.2, 0.25) is 0 Å². The highest BCUT2D eigenvalue weighted by Crippen LogP contribution is 2.35. The number of hydrogen-bond donors (Lipinski definition) is 1. The van der Waals surface area contributed by atoms with Crippen LogP contribution in [0, 0.1) is 0 Å². The first-order chi connectivity index (χ1) is 7.74. The van der Waals surface area contributed by atoms with Gasteiger partial charge in [-0.1, -0.05) is 37.3 Å². The standard InChI is InChI=1S/C13H17NO2/c1-2-14-11(8-9-12(14)13(15)16)10-6-4-3-5-7-10/h3-7,11-12H,2,8-9H2,1H3,(H,15,16)/t11-,12+/m1/s1. The molecule has 0 aromatic heterocycles. The molecular weight excluding hydrogens is 202 g/mol. The fraction of sp³-hybridized carbons (Fsp3) is 0.462. The maximum Gasteiger partial charge on any atom is 0.320 e. The van der Waals surface area contributed by atoms with E-state index in [1.54, 1.807) is 0 Å². The first-order valence-electron chi connectivity index (χ1n) is 5.77. The lowest BCUT2D eigenvalue weighted by atomic mass is 10.0. The summed E-state index contributed by atoms with van der Waals surface area (Å²) in [5.74, 6) is -0.694. The molecular formula is C13H17NO2. The van der Waals surface area contributed by atoms with Crippen LogP contribution in [0.5, 0.6) is 0 Å². The average molecular weight is 219 g/mol. The molecule has 1 N–H and O–H groups in total. The zero-order valence-electron chi connectivity index (χ0n) is 9.47. The lowest BCUT2D eigenvalue weighted by Gasteiger charge is -2.26. The summed E-state index contributed by atoms with van der Waals surface area (Å²) in [7, 11) is 0. The normalized spacial score (nSPS) is 25.8. The van der Waals surface area contributed by atoms with E-state index in [9.17, 15) is 4.79 Å². The quantitative estimate of drug-likeness (QED) is 0.848. The summed E-state index contributed by atoms with van der Waals surface area (Å²) in [5, 5.41) is 9.14. The molecule has 0 bridgehead atoms. The molecule has 1 fully saturated rings. The van der Waals surface area contributed by atoms with E-state index in [0.29, 0.717) is 0 Å². The first kappa shape index (κ1) is 11.1. The lowest BCUT2D eigenvalue weighted by molar-refractivity contribution is -0.142. The van der Waals surface area contributed by atoms with E-state index in [0.717, 1.165) is 19.4 Å². The van der Waals surface area contributed by atoms with Gasteiger partial charge in [0.15, 0.2) is 0 Å². The summed E-state index contributed by atoms with van der Waals surface area (Å²) < 4.78 is 0. The monoisotopic (exact) mass is 219 g/mol. The summed E-state index contributed by atoms with van der Waals surface area (Å²) >= 11 is 0. The van der Waals surface area contributed by atoms with Crippen LogP contribution >= 0.6 is 0 Å². The van der Waals surface area contributed by atoms with Crippen molar-refractivity contribution >= 4 is 5.97 Å². The van der Waals surface area contributed by atoms with Gasteiger partial charge in [0.05, 0.1) is 0 Å². The van der Waals surface area contributed by atoms with E-state index >= 15 is 0 Å². The molecule has 3 nitrogen and oxygen atoms in total. The fourth-order valence-corrected chi connectivity index (χ4v) is 2.60. The van der Waals surface area contributed by atoms with Gasteiger partial charge >= 0.3 is 5.97 Å². The van der Waals surface area contributed by atoms with E-state index in [4.69, 9.17) is 5.11 Å². The molecule has 0 aliphatic carbocycles. The molecule has 0 saturated carbocycles. The Morgan fingerprint density at radius 2 is 2.06 bits per heavy atom. The lowest BCUT2D eigenvalue weighted by Crippen LogP contribution is -2.37.